The first-order valence-corrected chi connectivity index (χ1v) is 11.1. The fraction of sp³-hybridized carbons (Fsp3) is 0.364. The minimum absolute atomic E-state index is 0.106. The average Bonchev–Trinajstić information content (AvgIpc) is 3.33. The van der Waals surface area contributed by atoms with Crippen molar-refractivity contribution >= 4 is 40.1 Å². The average molecular weight is 519 g/mol. The highest BCUT2D eigenvalue weighted by Crippen LogP contribution is 2.33. The Balaban J connectivity index is 1.20. The molecule has 2 aromatic carbocycles. The Morgan fingerprint density at radius 3 is 2.43 bits per heavy atom. The summed E-state index contributed by atoms with van der Waals surface area (Å²) in [5.74, 6) is 1.38. The number of hydrogen-bond donors (Lipinski definition) is 0. The first-order chi connectivity index (χ1) is 14.6. The molecule has 0 N–H and O–H groups in total. The van der Waals surface area contributed by atoms with E-state index in [2.05, 4.69) is 38.5 Å². The number of ether oxygens (including phenoxy) is 2. The number of halogens is 1. The van der Waals surface area contributed by atoms with Crippen molar-refractivity contribution in [3.63, 3.8) is 0 Å². The molecule has 7 nitrogen and oxygen atoms in total. The monoisotopic (exact) mass is 519 g/mol. The smallest absolute Gasteiger partial charge is 0.251 e. The van der Waals surface area contributed by atoms with E-state index >= 15 is 0 Å². The van der Waals surface area contributed by atoms with Crippen molar-refractivity contribution in [2.24, 2.45) is 0 Å². The lowest BCUT2D eigenvalue weighted by molar-refractivity contribution is -0.123. The summed E-state index contributed by atoms with van der Waals surface area (Å²) in [6, 6.07) is 13.2. The molecule has 1 atom stereocenters. The molecule has 2 amide bonds. The Hall–Kier alpha value is -2.17. The topological polar surface area (TPSA) is 62.3 Å². The Labute approximate surface area is 188 Å². The molecule has 156 valence electrons. The zero-order valence-corrected chi connectivity index (χ0v) is 18.6. The van der Waals surface area contributed by atoms with Gasteiger partial charge in [0.1, 0.15) is 0 Å². The summed E-state index contributed by atoms with van der Waals surface area (Å²) in [4.78, 5) is 31.4. The molecule has 1 unspecified atom stereocenters. The second-order valence-corrected chi connectivity index (χ2v) is 9.01. The molecule has 0 aromatic heterocycles. The number of fused-ring (bicyclic) bond motifs is 1. The van der Waals surface area contributed by atoms with Crippen LogP contribution in [0.4, 0.5) is 5.69 Å². The zero-order valence-electron chi connectivity index (χ0n) is 16.4. The van der Waals surface area contributed by atoms with Crippen molar-refractivity contribution in [1.82, 2.24) is 9.80 Å². The van der Waals surface area contributed by atoms with Gasteiger partial charge in [0.25, 0.3) is 5.91 Å². The van der Waals surface area contributed by atoms with Gasteiger partial charge in [-0.2, -0.15) is 0 Å². The highest BCUT2D eigenvalue weighted by Gasteiger charge is 2.43. The molecule has 0 bridgehead atoms. The molecular formula is C22H22IN3O4. The van der Waals surface area contributed by atoms with Crippen LogP contribution in [0.5, 0.6) is 11.5 Å². The number of nitrogens with zero attached hydrogens (tertiary/aromatic N) is 3. The van der Waals surface area contributed by atoms with Gasteiger partial charge in [-0.05, 0) is 64.6 Å². The summed E-state index contributed by atoms with van der Waals surface area (Å²) in [5, 5.41) is 0. The largest absolute Gasteiger partial charge is 0.454 e. The Morgan fingerprint density at radius 1 is 0.933 bits per heavy atom. The molecule has 0 spiro atoms. The standard InChI is InChI=1S/C22H22IN3O4/c23-16-2-4-17(5-3-16)26-21(27)12-18(22(26)28)25-9-7-24(8-10-25)13-15-1-6-19-20(11-15)30-14-29-19/h1-6,11,18H,7-10,12-14H2. The number of rotatable bonds is 4. The van der Waals surface area contributed by atoms with E-state index in [1.54, 1.807) is 0 Å². The molecule has 0 saturated carbocycles. The van der Waals surface area contributed by atoms with Gasteiger partial charge in [-0.1, -0.05) is 6.07 Å². The summed E-state index contributed by atoms with van der Waals surface area (Å²) < 4.78 is 11.9. The van der Waals surface area contributed by atoms with Crippen LogP contribution in [0.25, 0.3) is 0 Å². The molecule has 30 heavy (non-hydrogen) atoms. The van der Waals surface area contributed by atoms with Crippen LogP contribution in [0, 0.1) is 3.57 Å². The molecule has 3 heterocycles. The summed E-state index contributed by atoms with van der Waals surface area (Å²) in [5.41, 5.74) is 1.85. The van der Waals surface area contributed by atoms with Gasteiger partial charge in [-0.15, -0.1) is 0 Å². The van der Waals surface area contributed by atoms with Gasteiger partial charge >= 0.3 is 0 Å². The first kappa shape index (κ1) is 19.8. The molecule has 5 rings (SSSR count). The third-order valence-corrected chi connectivity index (χ3v) is 6.62. The lowest BCUT2D eigenvalue weighted by atomic mass is 10.1. The molecule has 8 heteroatoms. The lowest BCUT2D eigenvalue weighted by Crippen LogP contribution is -2.52. The lowest BCUT2D eigenvalue weighted by Gasteiger charge is -2.37. The quantitative estimate of drug-likeness (QED) is 0.457. The number of carbonyl (C=O) groups is 2. The third-order valence-electron chi connectivity index (χ3n) is 5.90. The number of imide groups is 1. The van der Waals surface area contributed by atoms with Gasteiger partial charge in [0.05, 0.1) is 18.2 Å². The highest BCUT2D eigenvalue weighted by atomic mass is 127. The van der Waals surface area contributed by atoms with Crippen molar-refractivity contribution in [2.75, 3.05) is 37.9 Å². The molecule has 0 aliphatic carbocycles. The number of amides is 2. The Bertz CT molecular complexity index is 973. The maximum atomic E-state index is 13.0. The summed E-state index contributed by atoms with van der Waals surface area (Å²) in [6.45, 7) is 4.37. The molecule has 3 aliphatic heterocycles. The van der Waals surface area contributed by atoms with Crippen LogP contribution in [-0.4, -0.2) is 60.6 Å². The van der Waals surface area contributed by atoms with E-state index in [1.807, 2.05) is 36.4 Å². The van der Waals surface area contributed by atoms with E-state index in [9.17, 15) is 9.59 Å². The maximum absolute atomic E-state index is 13.0. The Kier molecular flexibility index (Phi) is 5.38. The normalized spacial score (nSPS) is 22.2. The summed E-state index contributed by atoms with van der Waals surface area (Å²) in [6.07, 6.45) is 0.257. The van der Waals surface area contributed by atoms with E-state index in [1.165, 1.54) is 10.5 Å². The first-order valence-electron chi connectivity index (χ1n) is 10.1. The second-order valence-electron chi connectivity index (χ2n) is 7.76. The number of hydrogen-bond acceptors (Lipinski definition) is 6. The van der Waals surface area contributed by atoms with Crippen molar-refractivity contribution in [1.29, 1.82) is 0 Å². The Morgan fingerprint density at radius 2 is 1.67 bits per heavy atom. The molecule has 2 saturated heterocycles. The molecule has 2 aromatic rings. The van der Waals surface area contributed by atoms with Gasteiger partial charge in [-0.3, -0.25) is 19.4 Å². The van der Waals surface area contributed by atoms with Crippen LogP contribution in [-0.2, 0) is 16.1 Å². The summed E-state index contributed by atoms with van der Waals surface area (Å²) in [7, 11) is 0. The van der Waals surface area contributed by atoms with E-state index in [-0.39, 0.29) is 31.1 Å². The van der Waals surface area contributed by atoms with Gasteiger partial charge in [0, 0.05) is 36.3 Å². The summed E-state index contributed by atoms with van der Waals surface area (Å²) >= 11 is 2.21. The van der Waals surface area contributed by atoms with Crippen LogP contribution in [0.1, 0.15) is 12.0 Å². The van der Waals surface area contributed by atoms with Crippen LogP contribution in [0.3, 0.4) is 0 Å². The second kappa shape index (κ2) is 8.16. The van der Waals surface area contributed by atoms with E-state index in [0.717, 1.165) is 47.8 Å². The van der Waals surface area contributed by atoms with Gasteiger partial charge in [0.15, 0.2) is 11.5 Å². The minimum Gasteiger partial charge on any atom is -0.454 e. The van der Waals surface area contributed by atoms with Gasteiger partial charge < -0.3 is 9.47 Å². The minimum atomic E-state index is -0.357. The van der Waals surface area contributed by atoms with Crippen molar-refractivity contribution in [3.05, 3.63) is 51.6 Å². The van der Waals surface area contributed by atoms with Crippen LogP contribution in [0.2, 0.25) is 0 Å². The highest BCUT2D eigenvalue weighted by molar-refractivity contribution is 14.1. The fourth-order valence-corrected chi connectivity index (χ4v) is 4.65. The van der Waals surface area contributed by atoms with Gasteiger partial charge in [-0.25, -0.2) is 4.90 Å². The molecule has 2 fully saturated rings. The zero-order chi connectivity index (χ0) is 20.7. The fourth-order valence-electron chi connectivity index (χ4n) is 4.29. The van der Waals surface area contributed by atoms with Crippen molar-refractivity contribution < 1.29 is 19.1 Å². The van der Waals surface area contributed by atoms with Crippen LogP contribution in [0.15, 0.2) is 42.5 Å². The SMILES string of the molecule is O=C1CC(N2CCN(Cc3ccc4c(c3)OCO4)CC2)C(=O)N1c1ccc(I)cc1. The predicted molar refractivity (Wildman–Crippen MR) is 119 cm³/mol. The van der Waals surface area contributed by atoms with Crippen LogP contribution >= 0.6 is 22.6 Å². The van der Waals surface area contributed by atoms with Crippen LogP contribution < -0.4 is 14.4 Å². The van der Waals surface area contributed by atoms with E-state index < -0.39 is 0 Å². The van der Waals surface area contributed by atoms with Gasteiger partial charge in [0.2, 0.25) is 12.7 Å². The molecule has 3 aliphatic rings. The van der Waals surface area contributed by atoms with Crippen molar-refractivity contribution in [3.8, 4) is 11.5 Å². The number of piperazine rings is 1. The van der Waals surface area contributed by atoms with Crippen molar-refractivity contribution in [2.45, 2.75) is 19.0 Å². The molecular weight excluding hydrogens is 497 g/mol. The number of anilines is 1. The number of benzene rings is 2. The maximum Gasteiger partial charge on any atom is 0.251 e. The third kappa shape index (κ3) is 3.79. The number of carbonyl (C=O) groups excluding carboxylic acids is 2. The van der Waals surface area contributed by atoms with E-state index in [4.69, 9.17) is 9.47 Å². The van der Waals surface area contributed by atoms with E-state index in [0.29, 0.717) is 5.69 Å². The molecule has 0 radical (unpaired) electrons. The predicted octanol–water partition coefficient (Wildman–Crippen LogP) is 2.47.